The smallest absolute Gasteiger partial charge is 0.221 e. The molecule has 0 unspecified atom stereocenters. The van der Waals surface area contributed by atoms with Crippen molar-refractivity contribution in [1.82, 2.24) is 9.97 Å². The summed E-state index contributed by atoms with van der Waals surface area (Å²) in [6.07, 6.45) is 1.49. The molecule has 1 aliphatic rings. The lowest BCUT2D eigenvalue weighted by molar-refractivity contribution is -0.114. The van der Waals surface area contributed by atoms with Gasteiger partial charge in [0, 0.05) is 50.2 Å². The van der Waals surface area contributed by atoms with Crippen LogP contribution >= 0.6 is 0 Å². The molecule has 31 heavy (non-hydrogen) atoms. The normalized spacial score (nSPS) is 13.7. The Morgan fingerprint density at radius 1 is 0.935 bits per heavy atom. The fraction of sp³-hybridized carbons (Fsp3) is 0.227. The summed E-state index contributed by atoms with van der Waals surface area (Å²) in [5.41, 5.74) is 9.37. The predicted octanol–water partition coefficient (Wildman–Crippen LogP) is 3.23. The zero-order valence-corrected chi connectivity index (χ0v) is 17.2. The van der Waals surface area contributed by atoms with Crippen LogP contribution in [0.15, 0.2) is 54.9 Å². The third kappa shape index (κ3) is 4.82. The van der Waals surface area contributed by atoms with E-state index < -0.39 is 0 Å². The number of rotatable bonds is 5. The molecule has 0 radical (unpaired) electrons. The van der Waals surface area contributed by atoms with Crippen LogP contribution in [0.5, 0.6) is 0 Å². The number of nitrogen functional groups attached to an aromatic ring is 1. The van der Waals surface area contributed by atoms with Gasteiger partial charge in [0.15, 0.2) is 11.6 Å². The number of benzene rings is 2. The molecule has 1 fully saturated rings. The van der Waals surface area contributed by atoms with Crippen molar-refractivity contribution < 1.29 is 9.18 Å². The summed E-state index contributed by atoms with van der Waals surface area (Å²) in [5, 5.41) is 5.94. The summed E-state index contributed by atoms with van der Waals surface area (Å²) in [6, 6.07) is 13.8. The van der Waals surface area contributed by atoms with Gasteiger partial charge in [0.2, 0.25) is 5.91 Å². The number of hydrogen-bond acceptors (Lipinski definition) is 7. The Morgan fingerprint density at radius 2 is 1.55 bits per heavy atom. The Labute approximate surface area is 179 Å². The molecular formula is C22H24FN7O. The van der Waals surface area contributed by atoms with Crippen LogP contribution in [0.4, 0.5) is 38.8 Å². The molecule has 1 aromatic heterocycles. The van der Waals surface area contributed by atoms with Gasteiger partial charge in [-0.3, -0.25) is 4.79 Å². The first kappa shape index (κ1) is 20.4. The van der Waals surface area contributed by atoms with Gasteiger partial charge in [-0.2, -0.15) is 0 Å². The van der Waals surface area contributed by atoms with E-state index in [2.05, 4.69) is 30.4 Å². The second kappa shape index (κ2) is 8.86. The van der Waals surface area contributed by atoms with E-state index in [1.807, 2.05) is 12.1 Å². The maximum absolute atomic E-state index is 13.2. The lowest BCUT2D eigenvalue weighted by Crippen LogP contribution is -2.47. The van der Waals surface area contributed by atoms with Crippen LogP contribution in [0, 0.1) is 5.82 Å². The van der Waals surface area contributed by atoms with Crippen LogP contribution in [-0.2, 0) is 4.79 Å². The van der Waals surface area contributed by atoms with Crippen molar-refractivity contribution in [2.45, 2.75) is 6.92 Å². The lowest BCUT2D eigenvalue weighted by Gasteiger charge is -2.37. The number of piperazine rings is 1. The quantitative estimate of drug-likeness (QED) is 0.582. The van der Waals surface area contributed by atoms with Crippen LogP contribution in [-0.4, -0.2) is 42.1 Å². The van der Waals surface area contributed by atoms with E-state index in [0.717, 1.165) is 37.6 Å². The average molecular weight is 421 g/mol. The van der Waals surface area contributed by atoms with E-state index in [0.29, 0.717) is 23.0 Å². The maximum atomic E-state index is 13.2. The van der Waals surface area contributed by atoms with Gasteiger partial charge >= 0.3 is 0 Å². The number of carbonyl (C=O) groups is 1. The topological polar surface area (TPSA) is 99.4 Å². The monoisotopic (exact) mass is 421 g/mol. The molecular weight excluding hydrogens is 397 g/mol. The van der Waals surface area contributed by atoms with E-state index in [4.69, 9.17) is 5.73 Å². The van der Waals surface area contributed by atoms with Crippen molar-refractivity contribution >= 4 is 40.3 Å². The number of aromatic nitrogens is 2. The Hall–Kier alpha value is -3.88. The molecule has 4 rings (SSSR count). The van der Waals surface area contributed by atoms with E-state index in [1.165, 1.54) is 25.4 Å². The summed E-state index contributed by atoms with van der Waals surface area (Å²) in [4.78, 5) is 24.2. The minimum atomic E-state index is -0.235. The van der Waals surface area contributed by atoms with Gasteiger partial charge in [0.1, 0.15) is 17.8 Å². The summed E-state index contributed by atoms with van der Waals surface area (Å²) < 4.78 is 13.2. The number of nitrogens with two attached hydrogens (primary N) is 1. The predicted molar refractivity (Wildman–Crippen MR) is 121 cm³/mol. The molecule has 0 aliphatic carbocycles. The highest BCUT2D eigenvalue weighted by Gasteiger charge is 2.21. The molecule has 0 bridgehead atoms. The molecule has 2 aromatic carbocycles. The Kier molecular flexibility index (Phi) is 5.83. The minimum absolute atomic E-state index is 0.120. The van der Waals surface area contributed by atoms with Crippen molar-refractivity contribution in [1.29, 1.82) is 0 Å². The molecule has 0 atom stereocenters. The molecule has 9 heteroatoms. The van der Waals surface area contributed by atoms with Gasteiger partial charge in [0.25, 0.3) is 0 Å². The van der Waals surface area contributed by atoms with Gasteiger partial charge < -0.3 is 26.2 Å². The molecule has 0 saturated carbocycles. The van der Waals surface area contributed by atoms with Gasteiger partial charge in [0.05, 0.1) is 0 Å². The summed E-state index contributed by atoms with van der Waals surface area (Å²) >= 11 is 0. The van der Waals surface area contributed by atoms with Crippen molar-refractivity contribution in [3.63, 3.8) is 0 Å². The minimum Gasteiger partial charge on any atom is -0.393 e. The van der Waals surface area contributed by atoms with Crippen molar-refractivity contribution in [2.24, 2.45) is 0 Å². The number of amides is 1. The second-order valence-electron chi connectivity index (χ2n) is 7.29. The lowest BCUT2D eigenvalue weighted by atomic mass is 10.2. The van der Waals surface area contributed by atoms with Crippen LogP contribution in [0.3, 0.4) is 0 Å². The van der Waals surface area contributed by atoms with E-state index in [-0.39, 0.29) is 11.7 Å². The van der Waals surface area contributed by atoms with Crippen LogP contribution in [0.25, 0.3) is 0 Å². The highest BCUT2D eigenvalue weighted by atomic mass is 19.1. The first-order valence-corrected chi connectivity index (χ1v) is 10.0. The zero-order valence-electron chi connectivity index (χ0n) is 17.2. The molecule has 1 aliphatic heterocycles. The van der Waals surface area contributed by atoms with Gasteiger partial charge in [-0.15, -0.1) is 0 Å². The number of nitrogens with one attached hydrogen (secondary N) is 2. The van der Waals surface area contributed by atoms with Gasteiger partial charge in [-0.25, -0.2) is 14.4 Å². The summed E-state index contributed by atoms with van der Waals surface area (Å²) in [5.74, 6) is 0.857. The molecule has 160 valence electrons. The molecule has 8 nitrogen and oxygen atoms in total. The van der Waals surface area contributed by atoms with Crippen molar-refractivity contribution in [3.8, 4) is 0 Å². The average Bonchev–Trinajstić information content (AvgIpc) is 2.77. The van der Waals surface area contributed by atoms with Gasteiger partial charge in [-0.05, 0) is 48.5 Å². The van der Waals surface area contributed by atoms with E-state index >= 15 is 0 Å². The second-order valence-corrected chi connectivity index (χ2v) is 7.29. The fourth-order valence-electron chi connectivity index (χ4n) is 3.54. The van der Waals surface area contributed by atoms with Crippen LogP contribution < -0.4 is 26.2 Å². The molecule has 1 amide bonds. The summed E-state index contributed by atoms with van der Waals surface area (Å²) in [6.45, 7) is 4.51. The van der Waals surface area contributed by atoms with Crippen molar-refractivity contribution in [2.75, 3.05) is 52.3 Å². The van der Waals surface area contributed by atoms with Crippen LogP contribution in [0.1, 0.15) is 6.92 Å². The number of nitrogens with zero attached hydrogens (tertiary/aromatic N) is 4. The molecule has 0 spiro atoms. The number of anilines is 6. The Bertz CT molecular complexity index is 1050. The van der Waals surface area contributed by atoms with E-state index in [1.54, 1.807) is 24.3 Å². The third-order valence-corrected chi connectivity index (χ3v) is 5.10. The Morgan fingerprint density at radius 3 is 2.19 bits per heavy atom. The molecule has 3 aromatic rings. The SMILES string of the molecule is CC(=O)Nc1ccc(Nc2ncnc(N3CCN(c4ccc(F)cc4)CC3)c2N)cc1. The molecule has 1 saturated heterocycles. The summed E-state index contributed by atoms with van der Waals surface area (Å²) in [7, 11) is 0. The largest absolute Gasteiger partial charge is 0.393 e. The maximum Gasteiger partial charge on any atom is 0.221 e. The van der Waals surface area contributed by atoms with Gasteiger partial charge in [-0.1, -0.05) is 0 Å². The number of hydrogen-bond donors (Lipinski definition) is 3. The first-order valence-electron chi connectivity index (χ1n) is 10.0. The van der Waals surface area contributed by atoms with E-state index in [9.17, 15) is 9.18 Å². The third-order valence-electron chi connectivity index (χ3n) is 5.10. The Balaban J connectivity index is 1.43. The van der Waals surface area contributed by atoms with Crippen LogP contribution in [0.2, 0.25) is 0 Å². The zero-order chi connectivity index (χ0) is 21.8. The number of halogens is 1. The molecule has 2 heterocycles. The molecule has 4 N–H and O–H groups in total. The highest BCUT2D eigenvalue weighted by molar-refractivity contribution is 5.89. The number of carbonyl (C=O) groups excluding carboxylic acids is 1. The fourth-order valence-corrected chi connectivity index (χ4v) is 3.54. The highest BCUT2D eigenvalue weighted by Crippen LogP contribution is 2.30. The standard InChI is InChI=1S/C22H24FN7O/c1-15(31)27-17-4-6-18(7-5-17)28-21-20(24)22(26-14-25-21)30-12-10-29(11-13-30)19-8-2-16(23)3-9-19/h2-9,14H,10-13,24H2,1H3,(H,27,31)(H,25,26,28). The first-order chi connectivity index (χ1) is 15.0. The van der Waals surface area contributed by atoms with Crippen molar-refractivity contribution in [3.05, 3.63) is 60.7 Å².